The first kappa shape index (κ1) is 21.2. The molecule has 0 heterocycles. The molecular weight excluding hydrogens is 369 g/mol. The lowest BCUT2D eigenvalue weighted by atomic mass is 10.1. The predicted octanol–water partition coefficient (Wildman–Crippen LogP) is 5.05. The number of allylic oxidation sites excluding steroid dienone is 1. The molecule has 0 saturated heterocycles. The fraction of sp³-hybridized carbons (Fsp3) is 0.526. The number of hydrogen-bond acceptors (Lipinski definition) is 3. The van der Waals surface area contributed by atoms with E-state index in [0.29, 0.717) is 25.2 Å². The molecule has 1 aliphatic carbocycles. The number of rotatable bonds is 7. The SMILES string of the molecule is CCN(CC)c1c(F)cc(F)c(F)c1COC(=O)[C@@H]1[C@@H](C=C(F)F)C1(C)C. The number of carbonyl (C=O) groups excluding carboxylic acids is 1. The van der Waals surface area contributed by atoms with Crippen LogP contribution in [0.2, 0.25) is 0 Å². The molecule has 0 N–H and O–H groups in total. The van der Waals surface area contributed by atoms with E-state index in [4.69, 9.17) is 4.74 Å². The van der Waals surface area contributed by atoms with E-state index < -0.39 is 58.9 Å². The van der Waals surface area contributed by atoms with Gasteiger partial charge in [-0.3, -0.25) is 4.79 Å². The number of benzene rings is 1. The molecule has 0 radical (unpaired) electrons. The van der Waals surface area contributed by atoms with Crippen molar-refractivity contribution in [2.45, 2.75) is 34.3 Å². The van der Waals surface area contributed by atoms with Gasteiger partial charge in [0, 0.05) is 25.1 Å². The maximum atomic E-state index is 14.3. The van der Waals surface area contributed by atoms with Crippen molar-refractivity contribution in [1.82, 2.24) is 0 Å². The maximum Gasteiger partial charge on any atom is 0.310 e. The molecule has 0 spiro atoms. The van der Waals surface area contributed by atoms with Crippen LogP contribution in [0.4, 0.5) is 27.6 Å². The summed E-state index contributed by atoms with van der Waals surface area (Å²) in [7, 11) is 0. The fourth-order valence-electron chi connectivity index (χ4n) is 3.46. The van der Waals surface area contributed by atoms with E-state index in [1.54, 1.807) is 27.7 Å². The van der Waals surface area contributed by atoms with Crippen LogP contribution >= 0.6 is 0 Å². The minimum absolute atomic E-state index is 0.173. The van der Waals surface area contributed by atoms with Crippen molar-refractivity contribution in [3.63, 3.8) is 0 Å². The molecule has 3 nitrogen and oxygen atoms in total. The number of carbonyl (C=O) groups is 1. The van der Waals surface area contributed by atoms with Gasteiger partial charge in [-0.1, -0.05) is 13.8 Å². The molecule has 0 aliphatic heterocycles. The highest BCUT2D eigenvalue weighted by atomic mass is 19.3. The van der Waals surface area contributed by atoms with E-state index >= 15 is 0 Å². The summed E-state index contributed by atoms with van der Waals surface area (Å²) < 4.78 is 72.2. The second kappa shape index (κ2) is 7.86. The third-order valence-electron chi connectivity index (χ3n) is 5.15. The molecule has 0 amide bonds. The van der Waals surface area contributed by atoms with Crippen LogP contribution in [0.5, 0.6) is 0 Å². The molecule has 2 atom stereocenters. The minimum atomic E-state index is -1.90. The standard InChI is InChI=1S/C19H22F5NO2/c1-5-25(6-2)17-10(16(24)12(20)8-13(17)21)9-27-18(26)15-11(7-14(22)23)19(15,3)4/h7-8,11,15H,5-6,9H2,1-4H3/t11-,15+/m1/s1. The van der Waals surface area contributed by atoms with Crippen LogP contribution in [0.25, 0.3) is 0 Å². The largest absolute Gasteiger partial charge is 0.460 e. The lowest BCUT2D eigenvalue weighted by Gasteiger charge is -2.25. The first-order valence-electron chi connectivity index (χ1n) is 8.66. The van der Waals surface area contributed by atoms with Crippen molar-refractivity contribution in [2.24, 2.45) is 17.3 Å². The molecule has 0 aromatic heterocycles. The van der Waals surface area contributed by atoms with Gasteiger partial charge in [0.15, 0.2) is 11.6 Å². The number of ether oxygens (including phenoxy) is 1. The number of halogens is 5. The Morgan fingerprint density at radius 3 is 2.30 bits per heavy atom. The highest BCUT2D eigenvalue weighted by molar-refractivity contribution is 5.78. The second-order valence-electron chi connectivity index (χ2n) is 7.04. The zero-order valence-electron chi connectivity index (χ0n) is 15.6. The van der Waals surface area contributed by atoms with Gasteiger partial charge in [-0.2, -0.15) is 8.78 Å². The van der Waals surface area contributed by atoms with Gasteiger partial charge in [0.1, 0.15) is 12.4 Å². The molecule has 1 aromatic carbocycles. The molecule has 1 fully saturated rings. The Labute approximate surface area is 154 Å². The van der Waals surface area contributed by atoms with Gasteiger partial charge in [0.25, 0.3) is 6.08 Å². The molecule has 0 bridgehead atoms. The van der Waals surface area contributed by atoms with E-state index in [1.165, 1.54) is 4.90 Å². The van der Waals surface area contributed by atoms with Crippen LogP contribution in [-0.2, 0) is 16.1 Å². The highest BCUT2D eigenvalue weighted by Gasteiger charge is 2.62. The summed E-state index contributed by atoms with van der Waals surface area (Å²) in [5.41, 5.74) is -1.31. The molecular formula is C19H22F5NO2. The van der Waals surface area contributed by atoms with Gasteiger partial charge in [-0.05, 0) is 25.3 Å². The summed E-state index contributed by atoms with van der Waals surface area (Å²) in [6.45, 7) is 6.67. The molecule has 27 heavy (non-hydrogen) atoms. The topological polar surface area (TPSA) is 29.5 Å². The monoisotopic (exact) mass is 391 g/mol. The first-order valence-corrected chi connectivity index (χ1v) is 8.66. The second-order valence-corrected chi connectivity index (χ2v) is 7.04. The molecule has 1 aliphatic rings. The molecule has 1 saturated carbocycles. The first-order chi connectivity index (χ1) is 12.6. The van der Waals surface area contributed by atoms with E-state index in [-0.39, 0.29) is 5.69 Å². The van der Waals surface area contributed by atoms with Crippen LogP contribution in [0.15, 0.2) is 18.2 Å². The van der Waals surface area contributed by atoms with Crippen molar-refractivity contribution in [2.75, 3.05) is 18.0 Å². The van der Waals surface area contributed by atoms with Crippen molar-refractivity contribution >= 4 is 11.7 Å². The summed E-state index contributed by atoms with van der Waals surface area (Å²) in [6, 6.07) is 0.448. The van der Waals surface area contributed by atoms with Crippen molar-refractivity contribution < 1.29 is 31.5 Å². The van der Waals surface area contributed by atoms with Gasteiger partial charge >= 0.3 is 5.97 Å². The van der Waals surface area contributed by atoms with Crippen molar-refractivity contribution in [3.05, 3.63) is 41.2 Å². The Kier molecular flexibility index (Phi) is 6.17. The Hall–Kier alpha value is -2.12. The van der Waals surface area contributed by atoms with Crippen LogP contribution < -0.4 is 4.90 Å². The van der Waals surface area contributed by atoms with E-state index in [1.807, 2.05) is 0 Å². The van der Waals surface area contributed by atoms with Gasteiger partial charge < -0.3 is 9.64 Å². The third-order valence-corrected chi connectivity index (χ3v) is 5.15. The van der Waals surface area contributed by atoms with Crippen molar-refractivity contribution in [3.8, 4) is 0 Å². The van der Waals surface area contributed by atoms with E-state index in [0.717, 1.165) is 0 Å². The Bertz CT molecular complexity index is 755. The Morgan fingerprint density at radius 1 is 1.19 bits per heavy atom. The number of esters is 1. The van der Waals surface area contributed by atoms with Gasteiger partial charge in [-0.25, -0.2) is 13.2 Å². The van der Waals surface area contributed by atoms with Crippen LogP contribution in [0.1, 0.15) is 33.3 Å². The van der Waals surface area contributed by atoms with Crippen LogP contribution in [0.3, 0.4) is 0 Å². The van der Waals surface area contributed by atoms with Crippen LogP contribution in [0, 0.1) is 34.7 Å². The van der Waals surface area contributed by atoms with Crippen molar-refractivity contribution in [1.29, 1.82) is 0 Å². The molecule has 150 valence electrons. The average Bonchev–Trinajstić information content (AvgIpc) is 3.11. The zero-order valence-corrected chi connectivity index (χ0v) is 15.6. The number of hydrogen-bond donors (Lipinski definition) is 0. The summed E-state index contributed by atoms with van der Waals surface area (Å²) in [5.74, 6) is -5.98. The lowest BCUT2D eigenvalue weighted by Crippen LogP contribution is -2.26. The third kappa shape index (κ3) is 4.09. The quantitative estimate of drug-likeness (QED) is 0.370. The normalized spacial score (nSPS) is 20.2. The highest BCUT2D eigenvalue weighted by Crippen LogP contribution is 2.60. The maximum absolute atomic E-state index is 14.3. The summed E-state index contributed by atoms with van der Waals surface area (Å²) in [5, 5.41) is 0. The Morgan fingerprint density at radius 2 is 1.78 bits per heavy atom. The molecule has 0 unspecified atom stereocenters. The smallest absolute Gasteiger partial charge is 0.310 e. The molecule has 1 aromatic rings. The molecule has 2 rings (SSSR count). The predicted molar refractivity (Wildman–Crippen MR) is 90.7 cm³/mol. The average molecular weight is 391 g/mol. The summed E-state index contributed by atoms with van der Waals surface area (Å²) in [6.07, 6.45) is -1.21. The summed E-state index contributed by atoms with van der Waals surface area (Å²) >= 11 is 0. The van der Waals surface area contributed by atoms with E-state index in [2.05, 4.69) is 0 Å². The zero-order chi connectivity index (χ0) is 20.5. The minimum Gasteiger partial charge on any atom is -0.460 e. The van der Waals surface area contributed by atoms with Gasteiger partial charge in [0.05, 0.1) is 17.2 Å². The summed E-state index contributed by atoms with van der Waals surface area (Å²) in [4.78, 5) is 13.7. The molecule has 8 heteroatoms. The number of nitrogens with zero attached hydrogens (tertiary/aromatic N) is 1. The van der Waals surface area contributed by atoms with Gasteiger partial charge in [0.2, 0.25) is 0 Å². The fourth-order valence-corrected chi connectivity index (χ4v) is 3.46. The van der Waals surface area contributed by atoms with Gasteiger partial charge in [-0.15, -0.1) is 0 Å². The Balaban J connectivity index is 2.25. The number of anilines is 1. The lowest BCUT2D eigenvalue weighted by molar-refractivity contribution is -0.147. The van der Waals surface area contributed by atoms with Crippen LogP contribution in [-0.4, -0.2) is 19.1 Å². The van der Waals surface area contributed by atoms with E-state index in [9.17, 15) is 26.7 Å².